The van der Waals surface area contributed by atoms with Gasteiger partial charge in [-0.15, -0.1) is 0 Å². The summed E-state index contributed by atoms with van der Waals surface area (Å²) in [6, 6.07) is 6.75. The predicted molar refractivity (Wildman–Crippen MR) is 68.0 cm³/mol. The van der Waals surface area contributed by atoms with Gasteiger partial charge in [-0.05, 0) is 30.7 Å². The number of carbonyl (C=O) groups is 2. The molecule has 0 saturated heterocycles. The van der Waals surface area contributed by atoms with E-state index in [0.717, 1.165) is 6.42 Å². The Kier molecular flexibility index (Phi) is 4.84. The summed E-state index contributed by atoms with van der Waals surface area (Å²) >= 11 is 0. The van der Waals surface area contributed by atoms with Gasteiger partial charge in [-0.3, -0.25) is 9.59 Å². The van der Waals surface area contributed by atoms with E-state index >= 15 is 0 Å². The number of rotatable bonds is 5. The summed E-state index contributed by atoms with van der Waals surface area (Å²) in [7, 11) is 0. The molecule has 0 spiro atoms. The van der Waals surface area contributed by atoms with Crippen LogP contribution in [0.25, 0.3) is 0 Å². The fraction of sp³-hybridized carbons (Fsp3) is 0.385. The number of nitrogens with one attached hydrogen (secondary N) is 1. The number of Topliss-reactive ketones (excluding diaryl/α,β-unsaturated/α-hetero) is 1. The standard InChI is InChI=1S/C13H18N2O2/c1-3-11(14)8-13(17)10-4-6-12(7-5-10)15-9(2)16/h4-7,11H,3,8,14H2,1-2H3,(H,15,16). The van der Waals surface area contributed by atoms with Crippen molar-refractivity contribution in [2.75, 3.05) is 5.32 Å². The number of carbonyl (C=O) groups excluding carboxylic acids is 2. The van der Waals surface area contributed by atoms with E-state index in [1.54, 1.807) is 24.3 Å². The molecule has 92 valence electrons. The number of hydrogen-bond acceptors (Lipinski definition) is 3. The van der Waals surface area contributed by atoms with Crippen LogP contribution in [0.2, 0.25) is 0 Å². The molecule has 0 aliphatic heterocycles. The number of ketones is 1. The third-order valence-electron chi connectivity index (χ3n) is 2.50. The molecule has 1 rings (SSSR count). The van der Waals surface area contributed by atoms with Crippen LogP contribution in [0.5, 0.6) is 0 Å². The van der Waals surface area contributed by atoms with E-state index < -0.39 is 0 Å². The monoisotopic (exact) mass is 234 g/mol. The van der Waals surface area contributed by atoms with Crippen LogP contribution in [-0.4, -0.2) is 17.7 Å². The highest BCUT2D eigenvalue weighted by atomic mass is 16.1. The zero-order chi connectivity index (χ0) is 12.8. The van der Waals surface area contributed by atoms with E-state index in [1.807, 2.05) is 6.92 Å². The van der Waals surface area contributed by atoms with E-state index in [-0.39, 0.29) is 17.7 Å². The third-order valence-corrected chi connectivity index (χ3v) is 2.50. The fourth-order valence-corrected chi connectivity index (χ4v) is 1.44. The smallest absolute Gasteiger partial charge is 0.221 e. The Labute approximate surface area is 101 Å². The van der Waals surface area contributed by atoms with Crippen molar-refractivity contribution in [1.82, 2.24) is 0 Å². The number of benzene rings is 1. The van der Waals surface area contributed by atoms with Gasteiger partial charge in [-0.2, -0.15) is 0 Å². The maximum Gasteiger partial charge on any atom is 0.221 e. The molecule has 0 saturated carbocycles. The van der Waals surface area contributed by atoms with Crippen LogP contribution in [0.1, 0.15) is 37.0 Å². The Morgan fingerprint density at radius 1 is 1.29 bits per heavy atom. The quantitative estimate of drug-likeness (QED) is 0.765. The zero-order valence-corrected chi connectivity index (χ0v) is 10.2. The van der Waals surface area contributed by atoms with E-state index in [4.69, 9.17) is 5.73 Å². The van der Waals surface area contributed by atoms with Gasteiger partial charge in [0, 0.05) is 30.6 Å². The lowest BCUT2D eigenvalue weighted by Gasteiger charge is -2.08. The molecule has 0 aliphatic rings. The number of anilines is 1. The maximum absolute atomic E-state index is 11.8. The van der Waals surface area contributed by atoms with Crippen molar-refractivity contribution in [1.29, 1.82) is 0 Å². The molecule has 1 amide bonds. The fourth-order valence-electron chi connectivity index (χ4n) is 1.44. The van der Waals surface area contributed by atoms with E-state index in [0.29, 0.717) is 17.7 Å². The molecule has 3 N–H and O–H groups in total. The number of nitrogens with two attached hydrogens (primary N) is 1. The lowest BCUT2D eigenvalue weighted by molar-refractivity contribution is -0.114. The molecule has 1 atom stereocenters. The van der Waals surface area contributed by atoms with Crippen LogP contribution >= 0.6 is 0 Å². The van der Waals surface area contributed by atoms with Crippen LogP contribution in [0, 0.1) is 0 Å². The van der Waals surface area contributed by atoms with Crippen molar-refractivity contribution in [3.8, 4) is 0 Å². The van der Waals surface area contributed by atoms with Crippen LogP contribution in [0.4, 0.5) is 5.69 Å². The summed E-state index contributed by atoms with van der Waals surface area (Å²) in [6.07, 6.45) is 1.14. The molecule has 0 aliphatic carbocycles. The van der Waals surface area contributed by atoms with Crippen molar-refractivity contribution in [2.24, 2.45) is 5.73 Å². The minimum Gasteiger partial charge on any atom is -0.327 e. The van der Waals surface area contributed by atoms with Gasteiger partial charge in [-0.25, -0.2) is 0 Å². The Morgan fingerprint density at radius 2 is 1.88 bits per heavy atom. The molecule has 0 fully saturated rings. The molecule has 0 aromatic heterocycles. The predicted octanol–water partition coefficient (Wildman–Crippen LogP) is 1.96. The van der Waals surface area contributed by atoms with E-state index in [9.17, 15) is 9.59 Å². The first-order valence-electron chi connectivity index (χ1n) is 5.69. The molecule has 1 aromatic rings. The van der Waals surface area contributed by atoms with Crippen molar-refractivity contribution in [3.05, 3.63) is 29.8 Å². The summed E-state index contributed by atoms with van der Waals surface area (Å²) < 4.78 is 0. The highest BCUT2D eigenvalue weighted by molar-refractivity contribution is 5.97. The summed E-state index contributed by atoms with van der Waals surface area (Å²) in [5, 5.41) is 2.65. The second-order valence-electron chi connectivity index (χ2n) is 4.05. The van der Waals surface area contributed by atoms with Crippen LogP contribution in [0.3, 0.4) is 0 Å². The Morgan fingerprint density at radius 3 is 2.35 bits per heavy atom. The van der Waals surface area contributed by atoms with Crippen LogP contribution < -0.4 is 11.1 Å². The molecule has 0 bridgehead atoms. The highest BCUT2D eigenvalue weighted by Crippen LogP contribution is 2.12. The lowest BCUT2D eigenvalue weighted by Crippen LogP contribution is -2.22. The third kappa shape index (κ3) is 4.36. The average Bonchev–Trinajstić information content (AvgIpc) is 2.28. The molecule has 1 unspecified atom stereocenters. The second kappa shape index (κ2) is 6.15. The summed E-state index contributed by atoms with van der Waals surface area (Å²) in [4.78, 5) is 22.6. The summed E-state index contributed by atoms with van der Waals surface area (Å²) in [5.74, 6) is -0.0918. The van der Waals surface area contributed by atoms with Crippen LogP contribution in [-0.2, 0) is 4.79 Å². The molecule has 4 nitrogen and oxygen atoms in total. The van der Waals surface area contributed by atoms with Gasteiger partial charge in [0.15, 0.2) is 5.78 Å². The first kappa shape index (κ1) is 13.4. The van der Waals surface area contributed by atoms with Gasteiger partial charge in [0.2, 0.25) is 5.91 Å². The molecule has 0 radical (unpaired) electrons. The van der Waals surface area contributed by atoms with Crippen molar-refractivity contribution in [3.63, 3.8) is 0 Å². The molecule has 4 heteroatoms. The van der Waals surface area contributed by atoms with Crippen molar-refractivity contribution >= 4 is 17.4 Å². The summed E-state index contributed by atoms with van der Waals surface area (Å²) in [5.41, 5.74) is 7.05. The summed E-state index contributed by atoms with van der Waals surface area (Å²) in [6.45, 7) is 3.40. The lowest BCUT2D eigenvalue weighted by atomic mass is 10.0. The number of amides is 1. The minimum absolute atomic E-state index is 0.0359. The molecule has 17 heavy (non-hydrogen) atoms. The van der Waals surface area contributed by atoms with Crippen LogP contribution in [0.15, 0.2) is 24.3 Å². The normalized spacial score (nSPS) is 11.9. The Bertz CT molecular complexity index is 398. The van der Waals surface area contributed by atoms with Gasteiger partial charge in [0.1, 0.15) is 0 Å². The van der Waals surface area contributed by atoms with Crippen molar-refractivity contribution < 1.29 is 9.59 Å². The number of hydrogen-bond donors (Lipinski definition) is 2. The topological polar surface area (TPSA) is 72.2 Å². The maximum atomic E-state index is 11.8. The van der Waals surface area contributed by atoms with Gasteiger partial charge in [0.05, 0.1) is 0 Å². The Balaban J connectivity index is 2.67. The minimum atomic E-state index is -0.128. The first-order chi connectivity index (χ1) is 8.02. The average molecular weight is 234 g/mol. The van der Waals surface area contributed by atoms with Gasteiger partial charge >= 0.3 is 0 Å². The van der Waals surface area contributed by atoms with E-state index in [2.05, 4.69) is 5.32 Å². The van der Waals surface area contributed by atoms with Gasteiger partial charge < -0.3 is 11.1 Å². The largest absolute Gasteiger partial charge is 0.327 e. The molecule has 1 aromatic carbocycles. The molecular formula is C13H18N2O2. The van der Waals surface area contributed by atoms with E-state index in [1.165, 1.54) is 6.92 Å². The van der Waals surface area contributed by atoms with Crippen molar-refractivity contribution in [2.45, 2.75) is 32.7 Å². The first-order valence-corrected chi connectivity index (χ1v) is 5.69. The second-order valence-corrected chi connectivity index (χ2v) is 4.05. The highest BCUT2D eigenvalue weighted by Gasteiger charge is 2.10. The van der Waals surface area contributed by atoms with Gasteiger partial charge in [-0.1, -0.05) is 6.92 Å². The SMILES string of the molecule is CCC(N)CC(=O)c1ccc(NC(C)=O)cc1. The zero-order valence-electron chi connectivity index (χ0n) is 10.2. The molecular weight excluding hydrogens is 216 g/mol. The molecule has 0 heterocycles. The van der Waals surface area contributed by atoms with Gasteiger partial charge in [0.25, 0.3) is 0 Å². The Hall–Kier alpha value is -1.68.